The molecule has 0 aliphatic carbocycles. The summed E-state index contributed by atoms with van der Waals surface area (Å²) >= 11 is 0. The first-order chi connectivity index (χ1) is 9.82. The number of aromatic nitrogens is 4. The van der Waals surface area contributed by atoms with Gasteiger partial charge < -0.3 is 14.4 Å². The molecular weight excluding hydrogens is 276 g/mol. The van der Waals surface area contributed by atoms with E-state index in [2.05, 4.69) is 15.5 Å². The largest absolute Gasteiger partial charge is 0.476 e. The van der Waals surface area contributed by atoms with Gasteiger partial charge in [-0.25, -0.2) is 9.48 Å². The molecule has 0 aliphatic rings. The summed E-state index contributed by atoms with van der Waals surface area (Å²) in [6, 6.07) is 1.75. The van der Waals surface area contributed by atoms with Crippen molar-refractivity contribution in [3.05, 3.63) is 28.9 Å². The molecule has 21 heavy (non-hydrogen) atoms. The Balaban J connectivity index is 2.33. The van der Waals surface area contributed by atoms with E-state index in [-0.39, 0.29) is 5.69 Å². The third-order valence-electron chi connectivity index (χ3n) is 2.85. The molecule has 2 aromatic rings. The Morgan fingerprint density at radius 2 is 2.19 bits per heavy atom. The molecule has 1 N–H and O–H groups in total. The van der Waals surface area contributed by atoms with Crippen LogP contribution in [0.25, 0.3) is 0 Å². The second-order valence-corrected chi connectivity index (χ2v) is 5.72. The van der Waals surface area contributed by atoms with Crippen LogP contribution in [0, 0.1) is 0 Å². The Bertz CT molecular complexity index is 639. The van der Waals surface area contributed by atoms with E-state index in [0.29, 0.717) is 30.3 Å². The van der Waals surface area contributed by atoms with E-state index in [1.165, 1.54) is 4.68 Å². The molecular formula is C13H18N4O4. The molecule has 2 aromatic heterocycles. The van der Waals surface area contributed by atoms with Crippen molar-refractivity contribution in [1.29, 1.82) is 0 Å². The minimum atomic E-state index is -1.09. The van der Waals surface area contributed by atoms with Crippen molar-refractivity contribution in [3.63, 3.8) is 0 Å². The summed E-state index contributed by atoms with van der Waals surface area (Å²) < 4.78 is 11.6. The van der Waals surface area contributed by atoms with Gasteiger partial charge in [-0.2, -0.15) is 0 Å². The van der Waals surface area contributed by atoms with Crippen LogP contribution in [0.15, 0.2) is 10.6 Å². The average Bonchev–Trinajstić information content (AvgIpc) is 2.96. The monoisotopic (exact) mass is 294 g/mol. The van der Waals surface area contributed by atoms with E-state index in [1.54, 1.807) is 13.2 Å². The summed E-state index contributed by atoms with van der Waals surface area (Å²) in [6.07, 6.45) is 0. The number of hydrogen-bond acceptors (Lipinski definition) is 6. The summed E-state index contributed by atoms with van der Waals surface area (Å²) in [4.78, 5) is 11.3. The molecule has 0 atom stereocenters. The lowest BCUT2D eigenvalue weighted by Crippen LogP contribution is -2.22. The number of methoxy groups -OCH3 is 1. The summed E-state index contributed by atoms with van der Waals surface area (Å²) in [7, 11) is 1.57. The minimum Gasteiger partial charge on any atom is -0.476 e. The zero-order valence-corrected chi connectivity index (χ0v) is 12.5. The van der Waals surface area contributed by atoms with Gasteiger partial charge in [-0.1, -0.05) is 31.1 Å². The van der Waals surface area contributed by atoms with Crippen LogP contribution in [-0.4, -0.2) is 38.3 Å². The summed E-state index contributed by atoms with van der Waals surface area (Å²) in [5.74, 6) is -0.491. The standard InChI is InChI=1S/C13H18N4O4/c1-13(2,3)11-10(12(18)19)14-16-17(11)6-8-5-9(7-20-4)21-15-8/h5H,6-7H2,1-4H3,(H,18,19). The number of ether oxygens (including phenoxy) is 1. The Labute approximate surface area is 121 Å². The number of aromatic carboxylic acids is 1. The van der Waals surface area contributed by atoms with E-state index in [0.717, 1.165) is 0 Å². The minimum absolute atomic E-state index is 0.0388. The van der Waals surface area contributed by atoms with Gasteiger partial charge in [0.05, 0.1) is 12.2 Å². The molecule has 0 saturated heterocycles. The first-order valence-corrected chi connectivity index (χ1v) is 6.43. The maximum absolute atomic E-state index is 11.3. The average molecular weight is 294 g/mol. The van der Waals surface area contributed by atoms with Crippen LogP contribution < -0.4 is 0 Å². The van der Waals surface area contributed by atoms with Gasteiger partial charge in [0.1, 0.15) is 12.3 Å². The molecule has 0 unspecified atom stereocenters. The van der Waals surface area contributed by atoms with Crippen LogP contribution in [0.2, 0.25) is 0 Å². The van der Waals surface area contributed by atoms with Gasteiger partial charge in [0, 0.05) is 18.6 Å². The third kappa shape index (κ3) is 3.27. The van der Waals surface area contributed by atoms with Crippen molar-refractivity contribution in [3.8, 4) is 0 Å². The zero-order chi connectivity index (χ0) is 15.6. The lowest BCUT2D eigenvalue weighted by molar-refractivity contribution is 0.0687. The van der Waals surface area contributed by atoms with Crippen LogP contribution in [0.5, 0.6) is 0 Å². The fourth-order valence-corrected chi connectivity index (χ4v) is 2.10. The second kappa shape index (κ2) is 5.65. The van der Waals surface area contributed by atoms with E-state index >= 15 is 0 Å². The molecule has 0 radical (unpaired) electrons. The first-order valence-electron chi connectivity index (χ1n) is 6.43. The Morgan fingerprint density at radius 3 is 2.76 bits per heavy atom. The van der Waals surface area contributed by atoms with Crippen LogP contribution in [-0.2, 0) is 23.3 Å². The van der Waals surface area contributed by atoms with Crippen molar-refractivity contribution in [2.45, 2.75) is 39.3 Å². The van der Waals surface area contributed by atoms with Gasteiger partial charge in [0.25, 0.3) is 0 Å². The quantitative estimate of drug-likeness (QED) is 0.890. The van der Waals surface area contributed by atoms with Crippen LogP contribution in [0.1, 0.15) is 48.4 Å². The summed E-state index contributed by atoms with van der Waals surface area (Å²) in [6.45, 7) is 6.35. The maximum Gasteiger partial charge on any atom is 0.358 e. The SMILES string of the molecule is COCc1cc(Cn2nnc(C(=O)O)c2C(C)(C)C)no1. The van der Waals surface area contributed by atoms with Gasteiger partial charge in [0.15, 0.2) is 11.5 Å². The van der Waals surface area contributed by atoms with Crippen molar-refractivity contribution < 1.29 is 19.2 Å². The molecule has 0 saturated carbocycles. The Morgan fingerprint density at radius 1 is 1.48 bits per heavy atom. The van der Waals surface area contributed by atoms with Crippen molar-refractivity contribution in [2.75, 3.05) is 7.11 Å². The normalized spacial score (nSPS) is 11.8. The number of carbonyl (C=O) groups is 1. The van der Waals surface area contributed by atoms with E-state index in [1.807, 2.05) is 20.8 Å². The molecule has 0 bridgehead atoms. The molecule has 0 spiro atoms. The predicted octanol–water partition coefficient (Wildman–Crippen LogP) is 1.46. The second-order valence-electron chi connectivity index (χ2n) is 5.72. The topological polar surface area (TPSA) is 103 Å². The van der Waals surface area contributed by atoms with Crippen LogP contribution in [0.4, 0.5) is 0 Å². The Kier molecular flexibility index (Phi) is 4.08. The van der Waals surface area contributed by atoms with Crippen LogP contribution >= 0.6 is 0 Å². The molecule has 114 valence electrons. The first kappa shape index (κ1) is 15.2. The number of hydrogen-bond donors (Lipinski definition) is 1. The van der Waals surface area contributed by atoms with E-state index in [4.69, 9.17) is 9.26 Å². The fraction of sp³-hybridized carbons (Fsp3) is 0.538. The number of nitrogens with zero attached hydrogens (tertiary/aromatic N) is 4. The number of rotatable bonds is 5. The lowest BCUT2D eigenvalue weighted by atomic mass is 9.90. The highest BCUT2D eigenvalue weighted by atomic mass is 16.5. The van der Waals surface area contributed by atoms with Gasteiger partial charge in [-0.15, -0.1) is 5.10 Å². The van der Waals surface area contributed by atoms with Crippen molar-refractivity contribution in [2.24, 2.45) is 0 Å². The van der Waals surface area contributed by atoms with E-state index < -0.39 is 11.4 Å². The van der Waals surface area contributed by atoms with Crippen molar-refractivity contribution >= 4 is 5.97 Å². The van der Waals surface area contributed by atoms with Gasteiger partial charge >= 0.3 is 5.97 Å². The van der Waals surface area contributed by atoms with Gasteiger partial charge in [-0.3, -0.25) is 0 Å². The zero-order valence-electron chi connectivity index (χ0n) is 12.5. The van der Waals surface area contributed by atoms with Gasteiger partial charge in [-0.05, 0) is 0 Å². The molecule has 8 nitrogen and oxygen atoms in total. The highest BCUT2D eigenvalue weighted by Crippen LogP contribution is 2.25. The smallest absolute Gasteiger partial charge is 0.358 e. The third-order valence-corrected chi connectivity index (χ3v) is 2.85. The predicted molar refractivity (Wildman–Crippen MR) is 72.0 cm³/mol. The molecule has 0 aromatic carbocycles. The van der Waals surface area contributed by atoms with E-state index in [9.17, 15) is 9.90 Å². The maximum atomic E-state index is 11.3. The van der Waals surface area contributed by atoms with Crippen LogP contribution in [0.3, 0.4) is 0 Å². The van der Waals surface area contributed by atoms with Crippen molar-refractivity contribution in [1.82, 2.24) is 20.2 Å². The highest BCUT2D eigenvalue weighted by molar-refractivity contribution is 5.86. The number of carboxylic acids is 1. The summed E-state index contributed by atoms with van der Waals surface area (Å²) in [5, 5.41) is 20.8. The molecule has 2 heterocycles. The molecule has 0 amide bonds. The van der Waals surface area contributed by atoms with Gasteiger partial charge in [0.2, 0.25) is 0 Å². The molecule has 0 aliphatic heterocycles. The molecule has 2 rings (SSSR count). The number of carboxylic acid groups (broad SMARTS) is 1. The molecule has 8 heteroatoms. The molecule has 0 fully saturated rings. The lowest BCUT2D eigenvalue weighted by Gasteiger charge is -2.19. The Hall–Kier alpha value is -2.22. The highest BCUT2D eigenvalue weighted by Gasteiger charge is 2.29. The fourth-order valence-electron chi connectivity index (χ4n) is 2.10. The summed E-state index contributed by atoms with van der Waals surface area (Å²) in [5.41, 5.74) is 0.736.